The summed E-state index contributed by atoms with van der Waals surface area (Å²) in [6.07, 6.45) is 3.18. The van der Waals surface area contributed by atoms with Gasteiger partial charge in [-0.2, -0.15) is 5.10 Å². The zero-order chi connectivity index (χ0) is 21.3. The maximum atomic E-state index is 14.1. The summed E-state index contributed by atoms with van der Waals surface area (Å²) >= 11 is 0. The molecular weight excluding hydrogens is 381 g/mol. The van der Waals surface area contributed by atoms with Crippen LogP contribution < -0.4 is 4.74 Å². The molecule has 6 heteroatoms. The molecule has 0 atom stereocenters. The number of hydrogen-bond donors (Lipinski definition) is 0. The molecule has 1 aliphatic rings. The second-order valence-electron chi connectivity index (χ2n) is 7.89. The molecule has 0 unspecified atom stereocenters. The first-order valence-electron chi connectivity index (χ1n) is 10.3. The molecule has 1 aliphatic heterocycles. The van der Waals surface area contributed by atoms with E-state index in [4.69, 9.17) is 4.74 Å². The number of aryl methyl sites for hydroxylation is 2. The quantitative estimate of drug-likeness (QED) is 0.634. The Morgan fingerprint density at radius 3 is 2.57 bits per heavy atom. The first-order valence-corrected chi connectivity index (χ1v) is 10.3. The summed E-state index contributed by atoms with van der Waals surface area (Å²) in [5.74, 6) is 0.481. The predicted molar refractivity (Wildman–Crippen MR) is 114 cm³/mol. The molecule has 2 heterocycles. The Kier molecular flexibility index (Phi) is 5.57. The van der Waals surface area contributed by atoms with Crippen LogP contribution in [-0.2, 0) is 0 Å². The summed E-state index contributed by atoms with van der Waals surface area (Å²) in [5.41, 5.74) is 3.78. The fourth-order valence-corrected chi connectivity index (χ4v) is 3.85. The van der Waals surface area contributed by atoms with Crippen molar-refractivity contribution >= 4 is 5.91 Å². The number of likely N-dealkylation sites (tertiary alicyclic amines) is 1. The van der Waals surface area contributed by atoms with E-state index in [2.05, 4.69) is 30.2 Å². The lowest BCUT2D eigenvalue weighted by atomic mass is 10.1. The zero-order valence-electron chi connectivity index (χ0n) is 17.6. The van der Waals surface area contributed by atoms with Crippen LogP contribution in [0.5, 0.6) is 5.75 Å². The highest BCUT2D eigenvalue weighted by Crippen LogP contribution is 2.25. The minimum absolute atomic E-state index is 0.0692. The predicted octanol–water partition coefficient (Wildman–Crippen LogP) is 4.62. The highest BCUT2D eigenvalue weighted by Gasteiger charge is 2.27. The first kappa shape index (κ1) is 20.1. The first-order chi connectivity index (χ1) is 14.4. The molecule has 0 N–H and O–H groups in total. The molecule has 5 nitrogen and oxygen atoms in total. The SMILES string of the molecule is Cc1ccc(C)c(OC2CCN(C(=O)c3cnn(-c4ccccc4F)c3C)CC2)c1. The van der Waals surface area contributed by atoms with Gasteiger partial charge in [-0.3, -0.25) is 4.79 Å². The van der Waals surface area contributed by atoms with Crippen LogP contribution in [0.2, 0.25) is 0 Å². The van der Waals surface area contributed by atoms with Crippen molar-refractivity contribution in [3.63, 3.8) is 0 Å². The third-order valence-electron chi connectivity index (χ3n) is 5.69. The largest absolute Gasteiger partial charge is 0.490 e. The highest BCUT2D eigenvalue weighted by molar-refractivity contribution is 5.95. The minimum Gasteiger partial charge on any atom is -0.490 e. The van der Waals surface area contributed by atoms with Crippen LogP contribution in [0.15, 0.2) is 48.7 Å². The lowest BCUT2D eigenvalue weighted by Gasteiger charge is -2.32. The summed E-state index contributed by atoms with van der Waals surface area (Å²) in [6.45, 7) is 7.14. The lowest BCUT2D eigenvalue weighted by Crippen LogP contribution is -2.42. The van der Waals surface area contributed by atoms with E-state index in [9.17, 15) is 9.18 Å². The van der Waals surface area contributed by atoms with E-state index >= 15 is 0 Å². The number of aromatic nitrogens is 2. The van der Waals surface area contributed by atoms with E-state index in [1.54, 1.807) is 25.1 Å². The van der Waals surface area contributed by atoms with Gasteiger partial charge in [0, 0.05) is 25.9 Å². The molecule has 1 aromatic heterocycles. The second kappa shape index (κ2) is 8.30. The molecule has 0 saturated carbocycles. The Morgan fingerprint density at radius 1 is 1.10 bits per heavy atom. The maximum Gasteiger partial charge on any atom is 0.257 e. The van der Waals surface area contributed by atoms with Gasteiger partial charge >= 0.3 is 0 Å². The van der Waals surface area contributed by atoms with E-state index in [0.29, 0.717) is 30.0 Å². The number of ether oxygens (including phenoxy) is 1. The lowest BCUT2D eigenvalue weighted by molar-refractivity contribution is 0.0593. The third-order valence-corrected chi connectivity index (χ3v) is 5.69. The summed E-state index contributed by atoms with van der Waals surface area (Å²) in [7, 11) is 0. The number of carbonyl (C=O) groups excluding carboxylic acids is 1. The number of hydrogen-bond acceptors (Lipinski definition) is 3. The van der Waals surface area contributed by atoms with Crippen molar-refractivity contribution in [3.05, 3.63) is 76.9 Å². The number of piperidine rings is 1. The van der Waals surface area contributed by atoms with Crippen molar-refractivity contribution in [3.8, 4) is 11.4 Å². The second-order valence-corrected chi connectivity index (χ2v) is 7.89. The molecule has 156 valence electrons. The van der Waals surface area contributed by atoms with Gasteiger partial charge in [0.05, 0.1) is 17.5 Å². The Bertz CT molecular complexity index is 1070. The molecule has 0 bridgehead atoms. The van der Waals surface area contributed by atoms with Gasteiger partial charge in [0.15, 0.2) is 0 Å². The number of rotatable bonds is 4. The van der Waals surface area contributed by atoms with Crippen LogP contribution in [0.25, 0.3) is 5.69 Å². The zero-order valence-corrected chi connectivity index (χ0v) is 17.6. The number of nitrogens with zero attached hydrogens (tertiary/aromatic N) is 3. The topological polar surface area (TPSA) is 47.4 Å². The molecule has 1 fully saturated rings. The van der Waals surface area contributed by atoms with E-state index in [-0.39, 0.29) is 17.8 Å². The fourth-order valence-electron chi connectivity index (χ4n) is 3.85. The Labute approximate surface area is 176 Å². The Hall–Kier alpha value is -3.15. The molecule has 1 amide bonds. The Balaban J connectivity index is 1.43. The molecule has 0 aliphatic carbocycles. The average molecular weight is 407 g/mol. The smallest absolute Gasteiger partial charge is 0.257 e. The fraction of sp³-hybridized carbons (Fsp3) is 0.333. The van der Waals surface area contributed by atoms with Crippen molar-refractivity contribution in [2.45, 2.75) is 39.7 Å². The van der Waals surface area contributed by atoms with Gasteiger partial charge < -0.3 is 9.64 Å². The van der Waals surface area contributed by atoms with Gasteiger partial charge in [-0.25, -0.2) is 9.07 Å². The summed E-state index contributed by atoms with van der Waals surface area (Å²) < 4.78 is 21.8. The van der Waals surface area contributed by atoms with Crippen LogP contribution in [0.3, 0.4) is 0 Å². The molecule has 4 rings (SSSR count). The molecule has 3 aromatic rings. The molecule has 30 heavy (non-hydrogen) atoms. The summed E-state index contributed by atoms with van der Waals surface area (Å²) in [5, 5.41) is 4.26. The molecule has 0 spiro atoms. The van der Waals surface area contributed by atoms with Gasteiger partial charge in [0.2, 0.25) is 0 Å². The van der Waals surface area contributed by atoms with E-state index in [1.165, 1.54) is 22.5 Å². The van der Waals surface area contributed by atoms with E-state index in [0.717, 1.165) is 24.2 Å². The number of halogens is 1. The van der Waals surface area contributed by atoms with Crippen LogP contribution in [0.4, 0.5) is 4.39 Å². The highest BCUT2D eigenvalue weighted by atomic mass is 19.1. The van der Waals surface area contributed by atoms with Gasteiger partial charge in [-0.05, 0) is 50.1 Å². The number of carbonyl (C=O) groups is 1. The van der Waals surface area contributed by atoms with E-state index in [1.807, 2.05) is 11.8 Å². The van der Waals surface area contributed by atoms with Crippen molar-refractivity contribution in [2.75, 3.05) is 13.1 Å². The van der Waals surface area contributed by atoms with Crippen molar-refractivity contribution in [1.29, 1.82) is 0 Å². The van der Waals surface area contributed by atoms with Gasteiger partial charge in [0.25, 0.3) is 5.91 Å². The van der Waals surface area contributed by atoms with Crippen molar-refractivity contribution in [2.24, 2.45) is 0 Å². The van der Waals surface area contributed by atoms with Gasteiger partial charge in [-0.1, -0.05) is 24.3 Å². The van der Waals surface area contributed by atoms with E-state index < -0.39 is 0 Å². The maximum absolute atomic E-state index is 14.1. The van der Waals surface area contributed by atoms with Crippen LogP contribution in [0.1, 0.15) is 40.0 Å². The minimum atomic E-state index is -0.368. The number of benzene rings is 2. The summed E-state index contributed by atoms with van der Waals surface area (Å²) in [6, 6.07) is 12.6. The Morgan fingerprint density at radius 2 is 1.83 bits per heavy atom. The molecule has 0 radical (unpaired) electrons. The van der Waals surface area contributed by atoms with Gasteiger partial charge in [0.1, 0.15) is 23.4 Å². The molecular formula is C24H26FN3O2. The normalized spacial score (nSPS) is 14.7. The molecule has 2 aromatic carbocycles. The summed E-state index contributed by atoms with van der Waals surface area (Å²) in [4.78, 5) is 14.9. The molecule has 1 saturated heterocycles. The monoisotopic (exact) mass is 407 g/mol. The van der Waals surface area contributed by atoms with Crippen LogP contribution in [0, 0.1) is 26.6 Å². The third kappa shape index (κ3) is 3.95. The standard InChI is InChI=1S/C24H26FN3O2/c1-16-8-9-17(2)23(14-16)30-19-10-12-27(13-11-19)24(29)20-15-26-28(18(20)3)22-7-5-4-6-21(22)25/h4-9,14-15,19H,10-13H2,1-3H3. The average Bonchev–Trinajstić information content (AvgIpc) is 3.12. The van der Waals surface area contributed by atoms with Crippen molar-refractivity contribution in [1.82, 2.24) is 14.7 Å². The van der Waals surface area contributed by atoms with Crippen LogP contribution in [-0.4, -0.2) is 39.8 Å². The van der Waals surface area contributed by atoms with Crippen LogP contribution >= 0.6 is 0 Å². The number of para-hydroxylation sites is 1. The van der Waals surface area contributed by atoms with Gasteiger partial charge in [-0.15, -0.1) is 0 Å². The van der Waals surface area contributed by atoms with Crippen molar-refractivity contribution < 1.29 is 13.9 Å². The number of amides is 1.